The first-order chi connectivity index (χ1) is 19.8. The Labute approximate surface area is 241 Å². The van der Waals surface area contributed by atoms with Crippen molar-refractivity contribution >= 4 is 29.6 Å². The van der Waals surface area contributed by atoms with Crippen molar-refractivity contribution in [1.82, 2.24) is 10.3 Å². The Bertz CT molecular complexity index is 1330. The van der Waals surface area contributed by atoms with Crippen LogP contribution in [-0.4, -0.2) is 50.0 Å². The van der Waals surface area contributed by atoms with Crippen molar-refractivity contribution in [3.8, 4) is 0 Å². The van der Waals surface area contributed by atoms with Crippen LogP contribution in [0.3, 0.4) is 0 Å². The molecule has 0 spiro atoms. The average molecular weight is 581 g/mol. The molecule has 1 saturated heterocycles. The van der Waals surface area contributed by atoms with Crippen LogP contribution in [0, 0.1) is 0 Å². The van der Waals surface area contributed by atoms with Gasteiger partial charge in [-0.1, -0.05) is 48.5 Å². The molecule has 4 rings (SSSR count). The van der Waals surface area contributed by atoms with Crippen molar-refractivity contribution < 1.29 is 39.2 Å². The zero-order valence-electron chi connectivity index (χ0n) is 22.3. The van der Waals surface area contributed by atoms with Crippen molar-refractivity contribution in [2.75, 3.05) is 5.75 Å². The molecule has 10 nitrogen and oxygen atoms in total. The van der Waals surface area contributed by atoms with Gasteiger partial charge < -0.3 is 30.1 Å². The minimum atomic E-state index is -1.04. The first-order valence-electron chi connectivity index (χ1n) is 13.2. The molecule has 2 heterocycles. The normalized spacial score (nSPS) is 18.5. The molecule has 3 aromatic rings. The summed E-state index contributed by atoms with van der Waals surface area (Å²) in [7, 11) is 0. The van der Waals surface area contributed by atoms with Gasteiger partial charge in [0.05, 0.1) is 24.4 Å². The summed E-state index contributed by atoms with van der Waals surface area (Å²) < 4.78 is 12.7. The zero-order valence-corrected chi connectivity index (χ0v) is 23.1. The Hall–Kier alpha value is -3.77. The maximum absolute atomic E-state index is 12.0. The molecule has 0 saturated carbocycles. The molecule has 216 valence electrons. The van der Waals surface area contributed by atoms with Crippen LogP contribution in [0.15, 0.2) is 71.9 Å². The Kier molecular flexibility index (Phi) is 10.9. The van der Waals surface area contributed by atoms with E-state index in [4.69, 9.17) is 14.6 Å². The number of amides is 1. The summed E-state index contributed by atoms with van der Waals surface area (Å²) >= 11 is 1.32. The summed E-state index contributed by atoms with van der Waals surface area (Å²) in [6, 6.07) is 18.2. The number of aliphatic hydroxyl groups excluding tert-OH is 1. The molecule has 0 unspecified atom stereocenters. The fraction of sp³-hybridized carbons (Fsp3) is 0.333. The molecular formula is C30H32N2O8S. The summed E-state index contributed by atoms with van der Waals surface area (Å²) in [6.45, 7) is 0.260. The number of carboxylic acid groups (broad SMARTS) is 2. The minimum Gasteiger partial charge on any atom is -0.481 e. The highest BCUT2D eigenvalue weighted by atomic mass is 32.2. The van der Waals surface area contributed by atoms with E-state index in [1.807, 2.05) is 48.5 Å². The van der Waals surface area contributed by atoms with Gasteiger partial charge in [-0.05, 0) is 35.2 Å². The van der Waals surface area contributed by atoms with E-state index in [-0.39, 0.29) is 49.5 Å². The number of aromatic carboxylic acids is 1. The Morgan fingerprint density at radius 3 is 2.32 bits per heavy atom. The van der Waals surface area contributed by atoms with Gasteiger partial charge in [0.15, 0.2) is 6.29 Å². The third kappa shape index (κ3) is 8.86. The standard InChI is InChI=1S/C30H32N2O8S/c33-17-20-8-10-21(11-9-20)25-15-23(18-41-28-24(29(37)38)3-2-14-31-28)39-30(40-25)22-12-6-19(7-13-22)16-32-26(34)4-1-5-27(35)36/h2-3,6-14,23,25,30,33H,1,4-5,15-18H2,(H,32,34)(H,35,36)(H,37,38)/t23-,25+,30+/m1/s1. The van der Waals surface area contributed by atoms with E-state index in [9.17, 15) is 24.6 Å². The number of aliphatic carboxylic acids is 1. The molecule has 41 heavy (non-hydrogen) atoms. The third-order valence-electron chi connectivity index (χ3n) is 6.56. The fourth-order valence-electron chi connectivity index (χ4n) is 4.35. The number of benzene rings is 2. The van der Waals surface area contributed by atoms with Gasteiger partial charge >= 0.3 is 11.9 Å². The smallest absolute Gasteiger partial charge is 0.338 e. The summed E-state index contributed by atoms with van der Waals surface area (Å²) in [5, 5.41) is 30.9. The van der Waals surface area contributed by atoms with Gasteiger partial charge in [0.1, 0.15) is 5.03 Å². The van der Waals surface area contributed by atoms with Gasteiger partial charge in [0.25, 0.3) is 0 Å². The number of hydrogen-bond acceptors (Lipinski definition) is 8. The summed E-state index contributed by atoms with van der Waals surface area (Å²) in [5.74, 6) is -1.70. The van der Waals surface area contributed by atoms with E-state index in [0.29, 0.717) is 23.7 Å². The zero-order chi connectivity index (χ0) is 29.2. The second-order valence-corrected chi connectivity index (χ2v) is 10.6. The molecule has 1 aromatic heterocycles. The lowest BCUT2D eigenvalue weighted by Crippen LogP contribution is -2.31. The average Bonchev–Trinajstić information content (AvgIpc) is 2.99. The van der Waals surface area contributed by atoms with Crippen molar-refractivity contribution in [2.45, 2.75) is 62.4 Å². The van der Waals surface area contributed by atoms with Gasteiger partial charge in [-0.2, -0.15) is 0 Å². The molecule has 1 aliphatic rings. The predicted molar refractivity (Wildman–Crippen MR) is 150 cm³/mol. The Balaban J connectivity index is 1.44. The molecule has 4 N–H and O–H groups in total. The lowest BCUT2D eigenvalue weighted by molar-refractivity contribution is -0.245. The van der Waals surface area contributed by atoms with Gasteiger partial charge in [-0.25, -0.2) is 9.78 Å². The van der Waals surface area contributed by atoms with Gasteiger partial charge in [0, 0.05) is 43.3 Å². The molecule has 1 aliphatic heterocycles. The highest BCUT2D eigenvalue weighted by Crippen LogP contribution is 2.39. The molecule has 2 aromatic carbocycles. The van der Waals surface area contributed by atoms with Crippen molar-refractivity contribution in [1.29, 1.82) is 0 Å². The van der Waals surface area contributed by atoms with Crippen LogP contribution in [0.1, 0.15) is 70.7 Å². The van der Waals surface area contributed by atoms with Crippen LogP contribution in [-0.2, 0) is 32.2 Å². The quantitative estimate of drug-likeness (QED) is 0.213. The van der Waals surface area contributed by atoms with Crippen LogP contribution in [0.4, 0.5) is 0 Å². The number of pyridine rings is 1. The number of hydrogen-bond donors (Lipinski definition) is 4. The number of aliphatic hydroxyl groups is 1. The number of nitrogens with one attached hydrogen (secondary N) is 1. The van der Waals surface area contributed by atoms with Gasteiger partial charge in [0.2, 0.25) is 5.91 Å². The Morgan fingerprint density at radius 2 is 1.63 bits per heavy atom. The lowest BCUT2D eigenvalue weighted by atomic mass is 10.0. The molecule has 1 amide bonds. The van der Waals surface area contributed by atoms with E-state index in [2.05, 4.69) is 10.3 Å². The van der Waals surface area contributed by atoms with Crippen LogP contribution in [0.25, 0.3) is 0 Å². The summed E-state index contributed by atoms with van der Waals surface area (Å²) in [4.78, 5) is 38.5. The largest absolute Gasteiger partial charge is 0.481 e. The maximum atomic E-state index is 12.0. The number of carboxylic acids is 2. The van der Waals surface area contributed by atoms with Gasteiger partial charge in [-0.15, -0.1) is 11.8 Å². The second kappa shape index (κ2) is 14.7. The molecule has 11 heteroatoms. The number of ether oxygens (including phenoxy) is 2. The number of thioether (sulfide) groups is 1. The number of aromatic nitrogens is 1. The van der Waals surface area contributed by atoms with Crippen LogP contribution in [0.5, 0.6) is 0 Å². The van der Waals surface area contributed by atoms with E-state index >= 15 is 0 Å². The minimum absolute atomic E-state index is 0.0435. The number of nitrogens with zero attached hydrogens (tertiary/aromatic N) is 1. The topological polar surface area (TPSA) is 155 Å². The number of carbonyl (C=O) groups excluding carboxylic acids is 1. The summed E-state index contributed by atoms with van der Waals surface area (Å²) in [5.41, 5.74) is 3.54. The number of rotatable bonds is 13. The molecule has 0 radical (unpaired) electrons. The third-order valence-corrected chi connectivity index (χ3v) is 7.70. The van der Waals surface area contributed by atoms with E-state index in [1.165, 1.54) is 17.8 Å². The van der Waals surface area contributed by atoms with Crippen LogP contribution < -0.4 is 5.32 Å². The van der Waals surface area contributed by atoms with Crippen molar-refractivity contribution in [3.63, 3.8) is 0 Å². The van der Waals surface area contributed by atoms with Crippen molar-refractivity contribution in [3.05, 3.63) is 94.7 Å². The lowest BCUT2D eigenvalue weighted by Gasteiger charge is -2.36. The fourth-order valence-corrected chi connectivity index (χ4v) is 5.35. The first-order valence-corrected chi connectivity index (χ1v) is 14.2. The van der Waals surface area contributed by atoms with Crippen LogP contribution >= 0.6 is 11.8 Å². The van der Waals surface area contributed by atoms with E-state index in [0.717, 1.165) is 22.3 Å². The highest BCUT2D eigenvalue weighted by molar-refractivity contribution is 7.99. The van der Waals surface area contributed by atoms with Crippen molar-refractivity contribution in [2.24, 2.45) is 0 Å². The van der Waals surface area contributed by atoms with Gasteiger partial charge in [-0.3, -0.25) is 9.59 Å². The van der Waals surface area contributed by atoms with Crippen LogP contribution in [0.2, 0.25) is 0 Å². The molecule has 1 fully saturated rings. The SMILES string of the molecule is O=C(O)CCCC(=O)NCc1ccc([C@H]2O[C@@H](CSc3ncccc3C(=O)O)C[C@@H](c3ccc(CO)cc3)O2)cc1. The monoisotopic (exact) mass is 580 g/mol. The molecule has 3 atom stereocenters. The Morgan fingerprint density at radius 1 is 0.927 bits per heavy atom. The first kappa shape index (κ1) is 30.2. The predicted octanol–water partition coefficient (Wildman–Crippen LogP) is 4.48. The number of carbonyl (C=O) groups is 3. The van der Waals surface area contributed by atoms with E-state index < -0.39 is 18.2 Å². The highest BCUT2D eigenvalue weighted by Gasteiger charge is 2.32. The second-order valence-electron chi connectivity index (χ2n) is 9.59. The maximum Gasteiger partial charge on any atom is 0.338 e. The molecule has 0 bridgehead atoms. The molecule has 0 aliphatic carbocycles. The molecular weight excluding hydrogens is 548 g/mol. The summed E-state index contributed by atoms with van der Waals surface area (Å²) in [6.07, 6.45) is 1.27. The van der Waals surface area contributed by atoms with E-state index in [1.54, 1.807) is 12.3 Å².